The topological polar surface area (TPSA) is 38.0 Å². The lowest BCUT2D eigenvalue weighted by Crippen LogP contribution is -2.19. The van der Waals surface area contributed by atoms with E-state index < -0.39 is 0 Å². The Bertz CT molecular complexity index is 115. The van der Waals surface area contributed by atoms with Crippen molar-refractivity contribution in [2.24, 2.45) is 5.84 Å². The molecule has 2 heteroatoms. The molecule has 0 spiro atoms. The van der Waals surface area contributed by atoms with Gasteiger partial charge in [0.1, 0.15) is 0 Å². The van der Waals surface area contributed by atoms with E-state index in [-0.39, 0.29) is 0 Å². The predicted octanol–water partition coefficient (Wildman–Crippen LogP) is 3.78. The van der Waals surface area contributed by atoms with Crippen LogP contribution in [0.4, 0.5) is 0 Å². The zero-order chi connectivity index (χ0) is 12.4. The van der Waals surface area contributed by atoms with Gasteiger partial charge in [0.15, 0.2) is 0 Å². The highest BCUT2D eigenvalue weighted by Gasteiger charge is 1.76. The van der Waals surface area contributed by atoms with Crippen molar-refractivity contribution in [3.8, 4) is 0 Å². The molecule has 0 aromatic rings. The van der Waals surface area contributed by atoms with Crippen LogP contribution in [0.2, 0.25) is 0 Å². The summed E-state index contributed by atoms with van der Waals surface area (Å²) in [5.74, 6) is 5.03. The molecule has 0 unspecified atom stereocenters. The van der Waals surface area contributed by atoms with Crippen LogP contribution in [0, 0.1) is 0 Å². The van der Waals surface area contributed by atoms with Gasteiger partial charge in [-0.05, 0) is 12.2 Å². The molecule has 0 heterocycles. The molecule has 0 aliphatic rings. The zero-order valence-corrected chi connectivity index (χ0v) is 10.7. The van der Waals surface area contributed by atoms with Gasteiger partial charge in [-0.15, -0.1) is 0 Å². The molecule has 14 heavy (non-hydrogen) atoms. The van der Waals surface area contributed by atoms with E-state index in [0.29, 0.717) is 0 Å². The maximum Gasteiger partial charge on any atom is 0.0478 e. The molecule has 0 radical (unpaired) electrons. The minimum absolute atomic E-state index is 0.764. The summed E-state index contributed by atoms with van der Waals surface area (Å²) in [4.78, 5) is 0. The van der Waals surface area contributed by atoms with Gasteiger partial charge < -0.3 is 5.43 Å². The van der Waals surface area contributed by atoms with Gasteiger partial charge in [-0.3, -0.25) is 5.84 Å². The van der Waals surface area contributed by atoms with E-state index in [1.165, 1.54) is 0 Å². The number of allylic oxidation sites excluding steroid dienone is 3. The minimum atomic E-state index is 0.764. The first-order valence-electron chi connectivity index (χ1n) is 5.27. The van der Waals surface area contributed by atoms with Gasteiger partial charge in [-0.25, -0.2) is 0 Å². The van der Waals surface area contributed by atoms with Gasteiger partial charge >= 0.3 is 0 Å². The lowest BCUT2D eigenvalue weighted by Gasteiger charge is -1.94. The Kier molecular flexibility index (Phi) is 66.6. The van der Waals surface area contributed by atoms with Crippen LogP contribution in [0.15, 0.2) is 37.1 Å². The maximum absolute atomic E-state index is 5.03. The van der Waals surface area contributed by atoms with Crippen molar-refractivity contribution >= 4 is 0 Å². The SMILES string of the molecule is C=C/C=C(\C=C)NN.CC.CC.CC. The van der Waals surface area contributed by atoms with Crippen LogP contribution in [0.5, 0.6) is 0 Å². The van der Waals surface area contributed by atoms with Crippen LogP contribution in [-0.2, 0) is 0 Å². The van der Waals surface area contributed by atoms with Crippen LogP contribution in [0.3, 0.4) is 0 Å². The third-order valence-corrected chi connectivity index (χ3v) is 0.684. The fourth-order valence-electron chi connectivity index (χ4n) is 0.302. The summed E-state index contributed by atoms with van der Waals surface area (Å²) >= 11 is 0. The van der Waals surface area contributed by atoms with Crippen molar-refractivity contribution in [2.45, 2.75) is 41.5 Å². The van der Waals surface area contributed by atoms with E-state index in [4.69, 9.17) is 5.84 Å². The third-order valence-electron chi connectivity index (χ3n) is 0.684. The molecule has 0 atom stereocenters. The molecule has 0 amide bonds. The summed E-state index contributed by atoms with van der Waals surface area (Å²) in [6, 6.07) is 0. The van der Waals surface area contributed by atoms with Crippen molar-refractivity contribution in [3.05, 3.63) is 37.1 Å². The monoisotopic (exact) mass is 200 g/mol. The molecule has 2 nitrogen and oxygen atoms in total. The number of hydrogen-bond acceptors (Lipinski definition) is 2. The smallest absolute Gasteiger partial charge is 0.0478 e. The molecular formula is C12H28N2. The van der Waals surface area contributed by atoms with E-state index in [0.717, 1.165) is 5.70 Å². The molecule has 86 valence electrons. The van der Waals surface area contributed by atoms with E-state index in [2.05, 4.69) is 18.6 Å². The molecule has 0 fully saturated rings. The molecule has 3 N–H and O–H groups in total. The Morgan fingerprint density at radius 2 is 1.36 bits per heavy atom. The summed E-state index contributed by atoms with van der Waals surface area (Å²) in [6.45, 7) is 19.0. The predicted molar refractivity (Wildman–Crippen MR) is 69.8 cm³/mol. The summed E-state index contributed by atoms with van der Waals surface area (Å²) in [5, 5.41) is 0. The molecule has 0 aromatic carbocycles. The van der Waals surface area contributed by atoms with Crippen LogP contribution in [-0.4, -0.2) is 0 Å². The first-order valence-corrected chi connectivity index (χ1v) is 5.27. The van der Waals surface area contributed by atoms with Gasteiger partial charge in [0.2, 0.25) is 0 Å². The second-order valence-electron chi connectivity index (χ2n) is 1.21. The fourth-order valence-corrected chi connectivity index (χ4v) is 0.302. The van der Waals surface area contributed by atoms with Crippen molar-refractivity contribution in [3.63, 3.8) is 0 Å². The van der Waals surface area contributed by atoms with Crippen molar-refractivity contribution < 1.29 is 0 Å². The number of nitrogens with two attached hydrogens (primary N) is 1. The minimum Gasteiger partial charge on any atom is -0.324 e. The van der Waals surface area contributed by atoms with E-state index in [1.54, 1.807) is 18.2 Å². The number of hydrazine groups is 1. The zero-order valence-electron chi connectivity index (χ0n) is 10.7. The molecular weight excluding hydrogens is 172 g/mol. The molecule has 0 aliphatic carbocycles. The van der Waals surface area contributed by atoms with Gasteiger partial charge in [-0.1, -0.05) is 60.8 Å². The second kappa shape index (κ2) is 40.4. The lowest BCUT2D eigenvalue weighted by atomic mass is 10.4. The highest BCUT2D eigenvalue weighted by Crippen LogP contribution is 1.85. The van der Waals surface area contributed by atoms with Crippen LogP contribution >= 0.6 is 0 Å². The highest BCUT2D eigenvalue weighted by molar-refractivity contribution is 5.17. The normalized spacial score (nSPS) is 7.21. The van der Waals surface area contributed by atoms with E-state index in [9.17, 15) is 0 Å². The molecule has 0 bridgehead atoms. The largest absolute Gasteiger partial charge is 0.324 e. The Morgan fingerprint density at radius 1 is 1.00 bits per heavy atom. The first-order chi connectivity index (χ1) is 6.85. The molecule has 0 aliphatic heterocycles. The average molecular weight is 200 g/mol. The van der Waals surface area contributed by atoms with Crippen molar-refractivity contribution in [1.29, 1.82) is 0 Å². The Labute approximate surface area is 90.6 Å². The molecule has 0 saturated heterocycles. The second-order valence-corrected chi connectivity index (χ2v) is 1.21. The van der Waals surface area contributed by atoms with E-state index >= 15 is 0 Å². The molecule has 0 rings (SSSR count). The van der Waals surface area contributed by atoms with E-state index in [1.807, 2.05) is 41.5 Å². The summed E-state index contributed by atoms with van der Waals surface area (Å²) in [5.41, 5.74) is 3.19. The Morgan fingerprint density at radius 3 is 1.43 bits per heavy atom. The third kappa shape index (κ3) is 30.6. The Hall–Kier alpha value is -1.02. The van der Waals surface area contributed by atoms with Crippen molar-refractivity contribution in [1.82, 2.24) is 5.43 Å². The fraction of sp³-hybridized carbons (Fsp3) is 0.500. The van der Waals surface area contributed by atoms with Crippen LogP contribution in [0.1, 0.15) is 41.5 Å². The average Bonchev–Trinajstić information content (AvgIpc) is 2.33. The number of nitrogens with one attached hydrogen (secondary N) is 1. The van der Waals surface area contributed by atoms with Gasteiger partial charge in [-0.2, -0.15) is 0 Å². The summed E-state index contributed by atoms with van der Waals surface area (Å²) in [6.07, 6.45) is 4.98. The maximum atomic E-state index is 5.03. The van der Waals surface area contributed by atoms with Gasteiger partial charge in [0.25, 0.3) is 0 Å². The lowest BCUT2D eigenvalue weighted by molar-refractivity contribution is 0.917. The standard InChI is InChI=1S/C6H10N2.3C2H6/c1-3-5-6(4-2)8-7;3*1-2/h3-5,8H,1-2,7H2;3*1-2H3/b6-5+;;;. The quantitative estimate of drug-likeness (QED) is 0.413. The molecule has 0 saturated carbocycles. The van der Waals surface area contributed by atoms with Crippen LogP contribution < -0.4 is 11.3 Å². The molecule has 0 aromatic heterocycles. The number of hydrogen-bond donors (Lipinski definition) is 2. The first kappa shape index (κ1) is 23.1. The van der Waals surface area contributed by atoms with Gasteiger partial charge in [0.05, 0.1) is 0 Å². The van der Waals surface area contributed by atoms with Crippen molar-refractivity contribution in [2.75, 3.05) is 0 Å². The highest BCUT2D eigenvalue weighted by atomic mass is 15.2. The van der Waals surface area contributed by atoms with Gasteiger partial charge in [0, 0.05) is 5.70 Å². The summed E-state index contributed by atoms with van der Waals surface area (Å²) in [7, 11) is 0. The van der Waals surface area contributed by atoms with Crippen LogP contribution in [0.25, 0.3) is 0 Å². The Balaban J connectivity index is -0.0000000708. The summed E-state index contributed by atoms with van der Waals surface area (Å²) < 4.78 is 0. The number of rotatable bonds is 3.